The van der Waals surface area contributed by atoms with E-state index in [1.54, 1.807) is 19.0 Å². The molecule has 0 aromatic carbocycles. The summed E-state index contributed by atoms with van der Waals surface area (Å²) in [6.07, 6.45) is 1.29. The van der Waals surface area contributed by atoms with Gasteiger partial charge in [-0.05, 0) is 33.9 Å². The number of rotatable bonds is 7. The molecule has 0 radical (unpaired) electrons. The fourth-order valence-corrected chi connectivity index (χ4v) is 3.46. The fraction of sp³-hybridized carbons (Fsp3) is 0.769. The second kappa shape index (κ2) is 7.89. The van der Waals surface area contributed by atoms with Gasteiger partial charge in [0.1, 0.15) is 5.41 Å². The van der Waals surface area contributed by atoms with Crippen LogP contribution in [0.1, 0.15) is 33.6 Å². The molecule has 0 saturated heterocycles. The maximum Gasteiger partial charge on any atom is 0.240 e. The molecular weight excluding hydrogens is 377 g/mol. The number of carbonyl (C=O) groups is 1. The molecule has 0 fully saturated rings. The summed E-state index contributed by atoms with van der Waals surface area (Å²) in [4.78, 5) is 14.3. The van der Waals surface area contributed by atoms with Crippen molar-refractivity contribution in [3.63, 3.8) is 0 Å². The molecule has 4 atom stereocenters. The minimum Gasteiger partial charge on any atom is -0.302 e. The Morgan fingerprint density at radius 3 is 2.21 bits per heavy atom. The zero-order chi connectivity index (χ0) is 15.4. The number of carbonyl (C=O) groups excluding carboxylic acids is 1. The highest BCUT2D eigenvalue weighted by molar-refractivity contribution is 14.1. The van der Waals surface area contributed by atoms with Crippen molar-refractivity contribution in [3.8, 4) is 0 Å². The lowest BCUT2D eigenvalue weighted by molar-refractivity contribution is -0.131. The van der Waals surface area contributed by atoms with E-state index in [1.807, 2.05) is 36.7 Å². The van der Waals surface area contributed by atoms with E-state index in [4.69, 9.17) is 0 Å². The second-order valence-electron chi connectivity index (χ2n) is 5.11. The predicted molar refractivity (Wildman–Crippen MR) is 90.8 cm³/mol. The predicted octanol–water partition coefficient (Wildman–Crippen LogP) is 3.61. The van der Waals surface area contributed by atoms with E-state index in [1.165, 1.54) is 10.0 Å². The summed E-state index contributed by atoms with van der Waals surface area (Å²) in [5.41, 5.74) is 0.742. The molecule has 0 spiro atoms. The van der Waals surface area contributed by atoms with E-state index in [2.05, 4.69) is 15.8 Å². The molecule has 0 bridgehead atoms. The molecule has 1 amide bonds. The minimum absolute atomic E-state index is 0.0834. The third kappa shape index (κ3) is 5.27. The average Bonchev–Trinajstić information content (AvgIpc) is 2.30. The molecule has 0 aromatic heterocycles. The number of allylic oxidation sites excluding steroid dienone is 1. The van der Waals surface area contributed by atoms with Crippen LogP contribution in [0.15, 0.2) is 12.3 Å². The van der Waals surface area contributed by atoms with Crippen LogP contribution in [0.25, 0.3) is 0 Å². The van der Waals surface area contributed by atoms with Crippen molar-refractivity contribution in [2.24, 2.45) is 5.92 Å². The number of halogens is 2. The summed E-state index contributed by atoms with van der Waals surface area (Å²) in [5.74, 6) is -0.484. The molecule has 0 aliphatic rings. The van der Waals surface area contributed by atoms with Crippen LogP contribution < -0.4 is 0 Å². The molecule has 19 heavy (non-hydrogen) atoms. The van der Waals surface area contributed by atoms with Crippen LogP contribution in [-0.2, 0) is 4.79 Å². The zero-order valence-electron chi connectivity index (χ0n) is 12.4. The summed E-state index contributed by atoms with van der Waals surface area (Å²) in [7, 11) is 5.81. The van der Waals surface area contributed by atoms with E-state index in [0.717, 1.165) is 5.70 Å². The van der Waals surface area contributed by atoms with Gasteiger partial charge in [-0.25, -0.2) is 4.39 Å². The van der Waals surface area contributed by atoms with Crippen LogP contribution in [-0.4, -0.2) is 39.5 Å². The highest BCUT2D eigenvalue weighted by Crippen LogP contribution is 2.35. The molecule has 3 nitrogen and oxygen atoms in total. The highest BCUT2D eigenvalue weighted by atomic mass is 127. The Morgan fingerprint density at radius 1 is 1.47 bits per heavy atom. The number of hydrogen-bond donors (Lipinski definition) is 0. The summed E-state index contributed by atoms with van der Waals surface area (Å²) in [6, 6.07) is -0.489. The van der Waals surface area contributed by atoms with E-state index in [-0.39, 0.29) is 5.91 Å². The van der Waals surface area contributed by atoms with Crippen molar-refractivity contribution in [1.29, 1.82) is 0 Å². The van der Waals surface area contributed by atoms with Gasteiger partial charge in [-0.2, -0.15) is 0 Å². The van der Waals surface area contributed by atoms with Gasteiger partial charge in [-0.3, -0.25) is 7.91 Å². The largest absolute Gasteiger partial charge is 0.302 e. The lowest BCUT2D eigenvalue weighted by Crippen LogP contribution is -2.51. The molecule has 0 rings (SSSR count). The van der Waals surface area contributed by atoms with Gasteiger partial charge >= 0.3 is 0 Å². The van der Waals surface area contributed by atoms with Gasteiger partial charge in [0.05, 0.1) is 34.8 Å². The van der Waals surface area contributed by atoms with Crippen LogP contribution in [0.3, 0.4) is 0 Å². The Labute approximate surface area is 132 Å². The normalized spacial score (nSPS) is 17.7. The third-order valence-electron chi connectivity index (χ3n) is 3.15. The van der Waals surface area contributed by atoms with Crippen LogP contribution in [0, 0.1) is 5.92 Å². The van der Waals surface area contributed by atoms with Crippen molar-refractivity contribution in [1.82, 2.24) is 8.01 Å². The van der Waals surface area contributed by atoms with E-state index in [9.17, 15) is 9.18 Å². The third-order valence-corrected chi connectivity index (χ3v) is 4.65. The van der Waals surface area contributed by atoms with Crippen molar-refractivity contribution in [2.75, 3.05) is 14.1 Å². The first-order valence-corrected chi connectivity index (χ1v) is 7.93. The molecule has 0 N–H and O–H groups in total. The van der Waals surface area contributed by atoms with Gasteiger partial charge in [0, 0.05) is 5.70 Å². The first kappa shape index (κ1) is 19.3. The topological polar surface area (TPSA) is 23.6 Å². The number of alkyl halides is 1. The molecule has 112 valence electrons. The number of nitrogens with zero attached hydrogens (tertiary/aromatic N) is 2. The molecule has 0 aliphatic heterocycles. The second-order valence-corrected chi connectivity index (χ2v) is 7.21. The Morgan fingerprint density at radius 2 is 1.95 bits per heavy atom. The fourth-order valence-electron chi connectivity index (χ4n) is 2.23. The van der Waals surface area contributed by atoms with Gasteiger partial charge in [0.25, 0.3) is 0 Å². The van der Waals surface area contributed by atoms with Gasteiger partial charge < -0.3 is 4.90 Å². The summed E-state index contributed by atoms with van der Waals surface area (Å²) in [6.45, 7) is 9.21. The first-order chi connectivity index (χ1) is 8.57. The van der Waals surface area contributed by atoms with Crippen LogP contribution in [0.2, 0.25) is 0 Å². The van der Waals surface area contributed by atoms with Crippen LogP contribution in [0.4, 0.5) is 4.39 Å². The minimum atomic E-state index is -1.52. The Balaban J connectivity index is 5.28. The average molecular weight is 402 g/mol. The summed E-state index contributed by atoms with van der Waals surface area (Å²) >= 11 is 1.95. The van der Waals surface area contributed by atoms with Crippen molar-refractivity contribution in [3.05, 3.63) is 12.3 Å². The van der Waals surface area contributed by atoms with Crippen molar-refractivity contribution < 1.29 is 9.18 Å². The first-order valence-electron chi connectivity index (χ1n) is 6.39. The number of hydrogen-bond acceptors (Lipinski definition) is 2. The van der Waals surface area contributed by atoms with E-state index < -0.39 is 17.4 Å². The zero-order valence-corrected chi connectivity index (χ0v) is 15.7. The van der Waals surface area contributed by atoms with Crippen LogP contribution in [0.5, 0.6) is 0 Å². The van der Waals surface area contributed by atoms with Crippen molar-refractivity contribution >= 4 is 38.0 Å². The van der Waals surface area contributed by atoms with E-state index >= 15 is 0 Å². The van der Waals surface area contributed by atoms with Gasteiger partial charge in [0.15, 0.2) is 0 Å². The Bertz CT molecular complexity index is 331. The molecule has 0 aliphatic carbocycles. The smallest absolute Gasteiger partial charge is 0.240 e. The maximum absolute atomic E-state index is 14.4. The summed E-state index contributed by atoms with van der Waals surface area (Å²) < 4.78 is 15.9. The van der Waals surface area contributed by atoms with Crippen molar-refractivity contribution in [2.45, 2.75) is 45.1 Å². The lowest BCUT2D eigenvalue weighted by atomic mass is 9.91. The Hall–Kier alpha value is 0.260. The number of amides is 1. The Kier molecular flexibility index (Phi) is 8.00. The SMILES string of the molecule is C=C(CC)N(I)C(=O)C(CC)C(N(C)C)C(C)(F)P. The molecule has 0 aromatic rings. The monoisotopic (exact) mass is 402 g/mol. The highest BCUT2D eigenvalue weighted by Gasteiger charge is 2.41. The molecule has 6 heteroatoms. The molecular formula is C13H25FIN2OP. The van der Waals surface area contributed by atoms with Crippen LogP contribution >= 0.6 is 32.1 Å². The lowest BCUT2D eigenvalue weighted by Gasteiger charge is -2.38. The van der Waals surface area contributed by atoms with Gasteiger partial charge in [-0.15, -0.1) is 0 Å². The maximum atomic E-state index is 14.4. The standard InChI is InChI=1S/C13H25FIN2OP/c1-7-9(3)17(15)12(18)10(8-2)11(16(5)6)13(4,14)19/h10-11H,3,7-8,19H2,1-2,4-6H3. The molecule has 0 saturated carbocycles. The molecule has 4 unspecified atom stereocenters. The quantitative estimate of drug-likeness (QED) is 0.369. The molecule has 0 heterocycles. The van der Waals surface area contributed by atoms with Gasteiger partial charge in [0.2, 0.25) is 5.91 Å². The summed E-state index contributed by atoms with van der Waals surface area (Å²) in [5, 5.41) is -1.52. The van der Waals surface area contributed by atoms with Gasteiger partial charge in [-0.1, -0.05) is 29.7 Å². The van der Waals surface area contributed by atoms with E-state index in [0.29, 0.717) is 12.8 Å².